The molecule has 1 aliphatic heterocycles. The Labute approximate surface area is 167 Å². The molecule has 1 aromatic heterocycles. The summed E-state index contributed by atoms with van der Waals surface area (Å²) in [5, 5.41) is 2.91. The summed E-state index contributed by atoms with van der Waals surface area (Å²) >= 11 is 1.65. The minimum Gasteiger partial charge on any atom is -0.332 e. The Hall–Kier alpha value is -2.80. The Kier molecular flexibility index (Phi) is 4.85. The Morgan fingerprint density at radius 2 is 1.89 bits per heavy atom. The first-order chi connectivity index (χ1) is 13.5. The van der Waals surface area contributed by atoms with E-state index in [0.29, 0.717) is 30.0 Å². The average molecular weight is 395 g/mol. The number of rotatable bonds is 4. The van der Waals surface area contributed by atoms with Crippen LogP contribution >= 0.6 is 11.8 Å². The number of hydrogen-bond acceptors (Lipinski definition) is 4. The second kappa shape index (κ2) is 7.31. The van der Waals surface area contributed by atoms with Crippen LogP contribution in [0.5, 0.6) is 0 Å². The van der Waals surface area contributed by atoms with Crippen molar-refractivity contribution in [3.05, 3.63) is 53.9 Å². The molecule has 1 N–H and O–H groups in total. The fourth-order valence-electron chi connectivity index (χ4n) is 3.47. The lowest BCUT2D eigenvalue weighted by Crippen LogP contribution is -2.44. The van der Waals surface area contributed by atoms with Crippen LogP contribution in [-0.2, 0) is 6.54 Å². The van der Waals surface area contributed by atoms with Crippen molar-refractivity contribution < 1.29 is 9.59 Å². The highest BCUT2D eigenvalue weighted by atomic mass is 32.2. The zero-order valence-corrected chi connectivity index (χ0v) is 16.9. The number of aromatic nitrogens is 2. The normalized spacial score (nSPS) is 13.9. The lowest BCUT2D eigenvalue weighted by molar-refractivity contribution is 0.0643. The number of benzene rings is 2. The van der Waals surface area contributed by atoms with E-state index in [4.69, 9.17) is 0 Å². The molecule has 2 amide bonds. The summed E-state index contributed by atoms with van der Waals surface area (Å²) < 4.78 is 1.94. The van der Waals surface area contributed by atoms with Gasteiger partial charge >= 0.3 is 0 Å². The van der Waals surface area contributed by atoms with Crippen molar-refractivity contribution in [2.45, 2.75) is 31.3 Å². The quantitative estimate of drug-likeness (QED) is 0.682. The number of carbonyl (C=O) groups excluding carboxylic acids is 2. The van der Waals surface area contributed by atoms with Gasteiger partial charge in [-0.1, -0.05) is 0 Å². The summed E-state index contributed by atoms with van der Waals surface area (Å²) in [6.45, 7) is 5.39. The van der Waals surface area contributed by atoms with Crippen LogP contribution in [0.2, 0.25) is 0 Å². The van der Waals surface area contributed by atoms with Crippen molar-refractivity contribution in [2.24, 2.45) is 0 Å². The summed E-state index contributed by atoms with van der Waals surface area (Å²) in [6.07, 6.45) is 2.01. The van der Waals surface area contributed by atoms with Crippen molar-refractivity contribution in [1.29, 1.82) is 0 Å². The minimum absolute atomic E-state index is 0.0580. The first kappa shape index (κ1) is 18.6. The second-order valence-electron chi connectivity index (χ2n) is 7.07. The third-order valence-electron chi connectivity index (χ3n) is 5.00. The molecule has 0 radical (unpaired) electrons. The Bertz CT molecular complexity index is 1060. The van der Waals surface area contributed by atoms with Gasteiger partial charge in [0.1, 0.15) is 0 Å². The van der Waals surface area contributed by atoms with Crippen LogP contribution in [0.4, 0.5) is 5.69 Å². The van der Waals surface area contributed by atoms with Gasteiger partial charge in [0.25, 0.3) is 11.8 Å². The van der Waals surface area contributed by atoms with E-state index in [1.54, 1.807) is 23.9 Å². The van der Waals surface area contributed by atoms with Gasteiger partial charge in [-0.3, -0.25) is 9.59 Å². The van der Waals surface area contributed by atoms with Crippen LogP contribution in [0.25, 0.3) is 11.0 Å². The predicted octanol–water partition coefficient (Wildman–Crippen LogP) is 3.87. The number of fused-ring (bicyclic) bond motifs is 3. The van der Waals surface area contributed by atoms with Gasteiger partial charge in [0, 0.05) is 35.3 Å². The predicted molar refractivity (Wildman–Crippen MR) is 112 cm³/mol. The third kappa shape index (κ3) is 3.26. The van der Waals surface area contributed by atoms with Gasteiger partial charge in [-0.2, -0.15) is 0 Å². The molecule has 0 fully saturated rings. The van der Waals surface area contributed by atoms with Gasteiger partial charge in [0.05, 0.1) is 11.0 Å². The van der Waals surface area contributed by atoms with Crippen LogP contribution in [0.3, 0.4) is 0 Å². The van der Waals surface area contributed by atoms with E-state index in [1.165, 1.54) is 0 Å². The third-order valence-corrected chi connectivity index (χ3v) is 5.74. The Morgan fingerprint density at radius 3 is 2.57 bits per heavy atom. The second-order valence-corrected chi connectivity index (χ2v) is 7.95. The van der Waals surface area contributed by atoms with E-state index in [2.05, 4.69) is 10.3 Å². The number of nitrogens with one attached hydrogen (secondary N) is 1. The molecule has 28 heavy (non-hydrogen) atoms. The van der Waals surface area contributed by atoms with E-state index in [0.717, 1.165) is 16.1 Å². The average Bonchev–Trinajstić information content (AvgIpc) is 3.07. The lowest BCUT2D eigenvalue weighted by Gasteiger charge is -2.30. The Morgan fingerprint density at radius 1 is 1.14 bits per heavy atom. The molecular formula is C21H22N4O2S. The number of anilines is 1. The molecule has 144 valence electrons. The van der Waals surface area contributed by atoms with Gasteiger partial charge in [-0.15, -0.1) is 11.8 Å². The highest BCUT2D eigenvalue weighted by molar-refractivity contribution is 7.98. The maximum absolute atomic E-state index is 12.7. The molecule has 2 heterocycles. The fourth-order valence-corrected chi connectivity index (χ4v) is 3.88. The summed E-state index contributed by atoms with van der Waals surface area (Å²) in [5.41, 5.74) is 2.81. The van der Waals surface area contributed by atoms with Crippen molar-refractivity contribution in [1.82, 2.24) is 14.5 Å². The molecule has 0 unspecified atom stereocenters. The molecule has 0 aliphatic carbocycles. The molecule has 0 spiro atoms. The molecule has 4 rings (SSSR count). The Balaban J connectivity index is 1.61. The van der Waals surface area contributed by atoms with E-state index in [-0.39, 0.29) is 17.9 Å². The number of nitrogens with zero attached hydrogens (tertiary/aromatic N) is 3. The summed E-state index contributed by atoms with van der Waals surface area (Å²) in [5.74, 6) is 0.192. The smallest absolute Gasteiger partial charge is 0.290 e. The van der Waals surface area contributed by atoms with Crippen molar-refractivity contribution >= 4 is 40.3 Å². The van der Waals surface area contributed by atoms with Crippen LogP contribution < -0.4 is 5.32 Å². The number of amides is 2. The van der Waals surface area contributed by atoms with Crippen LogP contribution in [0.1, 0.15) is 34.8 Å². The van der Waals surface area contributed by atoms with Crippen LogP contribution in [0.15, 0.2) is 47.4 Å². The zero-order valence-electron chi connectivity index (χ0n) is 16.1. The summed E-state index contributed by atoms with van der Waals surface area (Å²) in [4.78, 5) is 32.8. The molecule has 1 aliphatic rings. The first-order valence-electron chi connectivity index (χ1n) is 9.24. The molecule has 6 nitrogen and oxygen atoms in total. The maximum Gasteiger partial charge on any atom is 0.290 e. The van der Waals surface area contributed by atoms with Gasteiger partial charge in [-0.05, 0) is 62.6 Å². The van der Waals surface area contributed by atoms with Crippen LogP contribution in [-0.4, -0.2) is 45.1 Å². The molecule has 0 bridgehead atoms. The molecule has 3 aromatic rings. The molecule has 0 atom stereocenters. The van der Waals surface area contributed by atoms with E-state index < -0.39 is 0 Å². The van der Waals surface area contributed by atoms with E-state index >= 15 is 0 Å². The maximum atomic E-state index is 12.7. The zero-order chi connectivity index (χ0) is 19.8. The number of imidazole rings is 1. The molecular weight excluding hydrogens is 372 g/mol. The van der Waals surface area contributed by atoms with Crippen molar-refractivity contribution in [3.8, 4) is 0 Å². The SMILES string of the molecule is CSc1ccc(NC(=O)c2ccc3c(c2)nc2n3CCN(C(C)C)C2=O)cc1. The fraction of sp³-hybridized carbons (Fsp3) is 0.286. The molecule has 0 saturated heterocycles. The van der Waals surface area contributed by atoms with Gasteiger partial charge in [-0.25, -0.2) is 4.98 Å². The monoisotopic (exact) mass is 394 g/mol. The topological polar surface area (TPSA) is 67.2 Å². The van der Waals surface area contributed by atoms with Gasteiger partial charge in [0.15, 0.2) is 5.82 Å². The van der Waals surface area contributed by atoms with E-state index in [1.807, 2.05) is 59.9 Å². The van der Waals surface area contributed by atoms with Crippen molar-refractivity contribution in [2.75, 3.05) is 18.1 Å². The number of thioether (sulfide) groups is 1. The van der Waals surface area contributed by atoms with Gasteiger partial charge in [0.2, 0.25) is 0 Å². The van der Waals surface area contributed by atoms with Gasteiger partial charge < -0.3 is 14.8 Å². The highest BCUT2D eigenvalue weighted by Gasteiger charge is 2.29. The van der Waals surface area contributed by atoms with Crippen LogP contribution in [0, 0.1) is 0 Å². The minimum atomic E-state index is -0.195. The summed E-state index contributed by atoms with van der Waals surface area (Å²) in [6, 6.07) is 13.3. The van der Waals surface area contributed by atoms with Crippen molar-refractivity contribution in [3.63, 3.8) is 0 Å². The summed E-state index contributed by atoms with van der Waals surface area (Å²) in [7, 11) is 0. The molecule has 0 saturated carbocycles. The highest BCUT2D eigenvalue weighted by Crippen LogP contribution is 2.24. The lowest BCUT2D eigenvalue weighted by atomic mass is 10.1. The largest absolute Gasteiger partial charge is 0.332 e. The molecule has 7 heteroatoms. The number of carbonyl (C=O) groups is 2. The number of hydrogen-bond donors (Lipinski definition) is 1. The molecule has 2 aromatic carbocycles. The standard InChI is InChI=1S/C21H22N4O2S/c1-13(2)24-10-11-25-18-9-4-14(12-17(18)23-19(25)21(24)27)20(26)22-15-5-7-16(28-3)8-6-15/h4-9,12-13H,10-11H2,1-3H3,(H,22,26). The first-order valence-corrected chi connectivity index (χ1v) is 10.5. The van der Waals surface area contributed by atoms with E-state index in [9.17, 15) is 9.59 Å².